The number of nitrogens with one attached hydrogen (secondary N) is 1. The lowest BCUT2D eigenvalue weighted by Gasteiger charge is -2.44. The fraction of sp³-hybridized carbons (Fsp3) is 0.270. The molecule has 0 saturated carbocycles. The number of aryl methyl sites for hydroxylation is 1. The van der Waals surface area contributed by atoms with Gasteiger partial charge < -0.3 is 10.2 Å². The molecule has 331 valence electrons. The Kier molecular flexibility index (Phi) is 9.43. The molecule has 0 spiro atoms. The molecule has 67 heavy (non-hydrogen) atoms. The quantitative estimate of drug-likeness (QED) is 0.173. The molecule has 0 saturated heterocycles. The van der Waals surface area contributed by atoms with Crippen LogP contribution in [0, 0.1) is 6.92 Å². The Labute approximate surface area is 402 Å². The highest BCUT2D eigenvalue weighted by Gasteiger charge is 2.42. The average Bonchev–Trinajstić information content (AvgIpc) is 3.68. The van der Waals surface area contributed by atoms with Crippen LogP contribution in [0.15, 0.2) is 146 Å². The molecule has 0 atom stereocenters. The Morgan fingerprint density at radius 2 is 1.06 bits per heavy atom. The van der Waals surface area contributed by atoms with Crippen LogP contribution in [0.25, 0.3) is 53.9 Å². The van der Waals surface area contributed by atoms with Crippen molar-refractivity contribution < 1.29 is 0 Å². The third-order valence-corrected chi connectivity index (χ3v) is 17.4. The molecular weight excluding hydrogens is 828 g/mol. The molecule has 2 heterocycles. The maximum Gasteiger partial charge on any atom is 0.211 e. The van der Waals surface area contributed by atoms with Gasteiger partial charge in [0.05, 0.1) is 5.69 Å². The van der Waals surface area contributed by atoms with E-state index >= 15 is 0 Å². The van der Waals surface area contributed by atoms with Crippen LogP contribution in [0.3, 0.4) is 0 Å². The van der Waals surface area contributed by atoms with Crippen molar-refractivity contribution in [1.29, 1.82) is 0 Å². The molecule has 1 N–H and O–H groups in total. The van der Waals surface area contributed by atoms with E-state index in [1.54, 1.807) is 0 Å². The van der Waals surface area contributed by atoms with Crippen molar-refractivity contribution in [2.45, 2.75) is 110 Å². The number of rotatable bonds is 5. The summed E-state index contributed by atoms with van der Waals surface area (Å²) in [5.41, 5.74) is 19.9. The summed E-state index contributed by atoms with van der Waals surface area (Å²) in [4.78, 5) is 2.70. The Morgan fingerprint density at radius 1 is 0.507 bits per heavy atom. The van der Waals surface area contributed by atoms with E-state index in [1.807, 2.05) is 11.3 Å². The van der Waals surface area contributed by atoms with Crippen molar-refractivity contribution in [2.75, 3.05) is 10.2 Å². The minimum absolute atomic E-state index is 0.0613. The fourth-order valence-electron chi connectivity index (χ4n) is 12.0. The molecule has 8 aromatic carbocycles. The number of hydrogen-bond acceptors (Lipinski definition) is 3. The van der Waals surface area contributed by atoms with Gasteiger partial charge in [-0.2, -0.15) is 0 Å². The zero-order valence-electron chi connectivity index (χ0n) is 40.6. The van der Waals surface area contributed by atoms with Crippen LogP contribution in [0.5, 0.6) is 0 Å². The second-order valence-corrected chi connectivity index (χ2v) is 23.7. The summed E-state index contributed by atoms with van der Waals surface area (Å²) in [5, 5.41) is 10.3. The van der Waals surface area contributed by atoms with Crippen LogP contribution in [0.1, 0.15) is 109 Å². The number of anilines is 5. The van der Waals surface area contributed by atoms with Gasteiger partial charge in [-0.05, 0) is 179 Å². The second-order valence-electron chi connectivity index (χ2n) is 22.6. The molecule has 3 aliphatic rings. The van der Waals surface area contributed by atoms with E-state index in [9.17, 15) is 0 Å². The normalized spacial score (nSPS) is 17.4. The van der Waals surface area contributed by atoms with Gasteiger partial charge in [0.25, 0.3) is 0 Å². The molecule has 1 aliphatic heterocycles. The number of nitrogens with zero attached hydrogens (tertiary/aromatic N) is 1. The summed E-state index contributed by atoms with van der Waals surface area (Å²) < 4.78 is 2.69. The summed E-state index contributed by atoms with van der Waals surface area (Å²) in [6.07, 6.45) is 4.75. The molecule has 0 amide bonds. The molecule has 4 heteroatoms. The van der Waals surface area contributed by atoms with E-state index in [-0.39, 0.29) is 21.7 Å². The minimum atomic E-state index is 0.0613. The van der Waals surface area contributed by atoms with Crippen molar-refractivity contribution in [3.63, 3.8) is 0 Å². The van der Waals surface area contributed by atoms with Crippen LogP contribution in [0.4, 0.5) is 28.4 Å². The molecule has 9 aromatic rings. The van der Waals surface area contributed by atoms with E-state index in [0.717, 1.165) is 11.4 Å². The number of benzene rings is 8. The molecular formula is C63H60BN2S. The van der Waals surface area contributed by atoms with Gasteiger partial charge >= 0.3 is 0 Å². The largest absolute Gasteiger partial charge is 0.355 e. The Morgan fingerprint density at radius 3 is 1.73 bits per heavy atom. The third kappa shape index (κ3) is 6.80. The minimum Gasteiger partial charge on any atom is -0.355 e. The Bertz CT molecular complexity index is 3480. The first kappa shape index (κ1) is 42.3. The lowest BCUT2D eigenvalue weighted by molar-refractivity contribution is 0.332. The highest BCUT2D eigenvalue weighted by atomic mass is 32.1. The van der Waals surface area contributed by atoms with Gasteiger partial charge in [-0.1, -0.05) is 152 Å². The summed E-state index contributed by atoms with van der Waals surface area (Å²) in [6, 6.07) is 55.1. The standard InChI is InChI=1S/C63H60BN2S/c1-38-31-48-50(62(6,7)29-27-60(48,2)3)36-53(38)66-54-34-43-21-15-16-22-45(43)56(57(54)64-59-58(66)47-35-49-51(37-55(47)67-59)63(8,9)30-28-61(49,4)5)46-32-41-19-13-14-20-42(41)33-52(46)65-44-25-23-40(24-26-44)39-17-11-10-12-18-39/h10-26,31-37,65H,27-30H2,1-9H3. The summed E-state index contributed by atoms with van der Waals surface area (Å²) in [6.45, 7) is 22.0. The molecule has 1 radical (unpaired) electrons. The first-order chi connectivity index (χ1) is 32.1. The van der Waals surface area contributed by atoms with Crippen LogP contribution in [0.2, 0.25) is 0 Å². The zero-order chi connectivity index (χ0) is 46.2. The van der Waals surface area contributed by atoms with E-state index in [2.05, 4.69) is 225 Å². The molecule has 0 unspecified atom stereocenters. The van der Waals surface area contributed by atoms with Gasteiger partial charge in [-0.25, -0.2) is 0 Å². The molecule has 2 nitrogen and oxygen atoms in total. The predicted octanol–water partition coefficient (Wildman–Crippen LogP) is 16.7. The van der Waals surface area contributed by atoms with Crippen molar-refractivity contribution >= 4 is 88.9 Å². The molecule has 0 fully saturated rings. The van der Waals surface area contributed by atoms with Crippen molar-refractivity contribution in [2.24, 2.45) is 0 Å². The Hall–Kier alpha value is -6.10. The highest BCUT2D eigenvalue weighted by Crippen LogP contribution is 2.54. The lowest BCUT2D eigenvalue weighted by atomic mass is 9.60. The molecule has 2 aliphatic carbocycles. The molecule has 1 aromatic heterocycles. The zero-order valence-corrected chi connectivity index (χ0v) is 41.4. The van der Waals surface area contributed by atoms with Crippen molar-refractivity contribution in [3.05, 3.63) is 173 Å². The number of thiophene rings is 1. The van der Waals surface area contributed by atoms with E-state index < -0.39 is 0 Å². The lowest BCUT2D eigenvalue weighted by Crippen LogP contribution is -2.40. The highest BCUT2D eigenvalue weighted by molar-refractivity contribution is 7.29. The van der Waals surface area contributed by atoms with Crippen LogP contribution in [-0.4, -0.2) is 7.28 Å². The van der Waals surface area contributed by atoms with E-state index in [1.165, 1.54) is 135 Å². The predicted molar refractivity (Wildman–Crippen MR) is 292 cm³/mol. The smallest absolute Gasteiger partial charge is 0.211 e. The number of fused-ring (bicyclic) bond motifs is 8. The van der Waals surface area contributed by atoms with Crippen LogP contribution < -0.4 is 20.5 Å². The van der Waals surface area contributed by atoms with Gasteiger partial charge in [0.15, 0.2) is 0 Å². The first-order valence-corrected chi connectivity index (χ1v) is 25.3. The molecule has 12 rings (SSSR count). The van der Waals surface area contributed by atoms with Crippen molar-refractivity contribution in [3.8, 4) is 22.3 Å². The maximum absolute atomic E-state index is 3.98. The molecule has 0 bridgehead atoms. The summed E-state index contributed by atoms with van der Waals surface area (Å²) >= 11 is 1.97. The van der Waals surface area contributed by atoms with Crippen molar-refractivity contribution in [1.82, 2.24) is 0 Å². The monoisotopic (exact) mass is 887 g/mol. The van der Waals surface area contributed by atoms with E-state index in [4.69, 9.17) is 0 Å². The summed E-state index contributed by atoms with van der Waals surface area (Å²) in [5.74, 6) is 0. The topological polar surface area (TPSA) is 15.3 Å². The fourth-order valence-corrected chi connectivity index (χ4v) is 13.2. The van der Waals surface area contributed by atoms with E-state index in [0.29, 0.717) is 0 Å². The summed E-state index contributed by atoms with van der Waals surface area (Å²) in [7, 11) is 2.55. The average molecular weight is 888 g/mol. The van der Waals surface area contributed by atoms with Crippen LogP contribution >= 0.6 is 11.3 Å². The second kappa shape index (κ2) is 15.0. The maximum atomic E-state index is 3.98. The van der Waals surface area contributed by atoms with Gasteiger partial charge in [-0.3, -0.25) is 0 Å². The van der Waals surface area contributed by atoms with Crippen LogP contribution in [-0.2, 0) is 21.7 Å². The third-order valence-electron chi connectivity index (χ3n) is 16.3. The number of hydrogen-bond donors (Lipinski definition) is 1. The first-order valence-electron chi connectivity index (χ1n) is 24.5. The van der Waals surface area contributed by atoms with Gasteiger partial charge in [0.1, 0.15) is 0 Å². The van der Waals surface area contributed by atoms with Gasteiger partial charge in [0, 0.05) is 38.4 Å². The SMILES string of the molecule is Cc1cc2c(cc1N1c3cc4ccccc4c(-c4cc5ccccc5cc4Nc4ccc(-c5ccccc5)cc4)c3[B]c3sc4cc5c(cc4c31)C(C)(C)CCC5(C)C)C(C)(C)CCC2(C)C. The Balaban J connectivity index is 1.14. The van der Waals surface area contributed by atoms with Gasteiger partial charge in [-0.15, -0.1) is 11.3 Å². The van der Waals surface area contributed by atoms with Gasteiger partial charge in [0.2, 0.25) is 7.28 Å².